The lowest BCUT2D eigenvalue weighted by Gasteiger charge is -2.37. The molecule has 1 atom stereocenters. The van der Waals surface area contributed by atoms with Crippen LogP contribution in [0.1, 0.15) is 51.9 Å². The molecular formula is C25H36N4O2. The standard InChI is InChI=1S/C25H36N4O2/c1-20-5-2-9-24(31-20)28-15-10-21(11-16-28)6-3-7-22-12-17-29(18-13-22)25(30)27-23-8-4-14-26-19-23/h2,4-5,8-9,14,19,21-22,24H,3,6-7,10-13,15-18H2,1H3,(H,27,30). The highest BCUT2D eigenvalue weighted by atomic mass is 16.5. The highest BCUT2D eigenvalue weighted by Gasteiger charge is 2.26. The molecule has 1 aromatic heterocycles. The van der Waals surface area contributed by atoms with Crippen LogP contribution in [-0.2, 0) is 4.74 Å². The van der Waals surface area contributed by atoms with Crippen LogP contribution in [0.5, 0.6) is 0 Å². The number of carbonyl (C=O) groups excluding carboxylic acids is 1. The van der Waals surface area contributed by atoms with E-state index in [2.05, 4.69) is 27.4 Å². The number of hydrogen-bond donors (Lipinski definition) is 1. The van der Waals surface area contributed by atoms with Gasteiger partial charge in [0.25, 0.3) is 0 Å². The summed E-state index contributed by atoms with van der Waals surface area (Å²) in [5.41, 5.74) is 0.762. The second-order valence-corrected chi connectivity index (χ2v) is 9.18. The Morgan fingerprint density at radius 2 is 1.84 bits per heavy atom. The molecule has 3 aliphatic rings. The molecule has 0 radical (unpaired) electrons. The summed E-state index contributed by atoms with van der Waals surface area (Å²) in [6.07, 6.45) is 18.6. The molecule has 168 valence electrons. The smallest absolute Gasteiger partial charge is 0.321 e. The molecule has 6 heteroatoms. The van der Waals surface area contributed by atoms with E-state index in [4.69, 9.17) is 4.74 Å². The number of aromatic nitrogens is 1. The maximum atomic E-state index is 12.4. The first-order chi connectivity index (χ1) is 15.2. The van der Waals surface area contributed by atoms with Crippen molar-refractivity contribution in [3.8, 4) is 0 Å². The van der Waals surface area contributed by atoms with Crippen LogP contribution in [-0.4, -0.2) is 53.2 Å². The van der Waals surface area contributed by atoms with Crippen molar-refractivity contribution in [2.24, 2.45) is 11.8 Å². The van der Waals surface area contributed by atoms with Crippen LogP contribution < -0.4 is 5.32 Å². The Hall–Kier alpha value is -2.34. The third kappa shape index (κ3) is 6.33. The van der Waals surface area contributed by atoms with E-state index in [9.17, 15) is 4.79 Å². The van der Waals surface area contributed by atoms with Crippen molar-refractivity contribution >= 4 is 11.7 Å². The molecule has 3 aliphatic heterocycles. The number of anilines is 1. The normalized spacial score (nSPS) is 23.3. The molecule has 2 saturated heterocycles. The average Bonchev–Trinajstić information content (AvgIpc) is 2.81. The van der Waals surface area contributed by atoms with E-state index in [1.807, 2.05) is 30.0 Å². The van der Waals surface area contributed by atoms with Crippen molar-refractivity contribution in [2.45, 2.75) is 58.1 Å². The Morgan fingerprint density at radius 1 is 1.13 bits per heavy atom. The molecule has 4 rings (SSSR count). The lowest BCUT2D eigenvalue weighted by atomic mass is 9.87. The first-order valence-electron chi connectivity index (χ1n) is 11.9. The van der Waals surface area contributed by atoms with Gasteiger partial charge in [0, 0.05) is 32.4 Å². The summed E-state index contributed by atoms with van der Waals surface area (Å²) in [5, 5.41) is 2.95. The zero-order valence-electron chi connectivity index (χ0n) is 18.7. The Labute approximate surface area is 186 Å². The Balaban J connectivity index is 1.09. The van der Waals surface area contributed by atoms with Crippen molar-refractivity contribution < 1.29 is 9.53 Å². The first kappa shape index (κ1) is 21.9. The lowest BCUT2D eigenvalue weighted by molar-refractivity contribution is -0.0103. The highest BCUT2D eigenvalue weighted by Crippen LogP contribution is 2.29. The SMILES string of the molecule is CC1=CC=CC(N2CCC(CCCC3CCN(C(=O)Nc4cccnc4)CC3)CC2)O1. The van der Waals surface area contributed by atoms with Crippen LogP contribution in [0.25, 0.3) is 0 Å². The van der Waals surface area contributed by atoms with Gasteiger partial charge in [-0.05, 0) is 68.7 Å². The molecule has 4 heterocycles. The number of nitrogens with zero attached hydrogens (tertiary/aromatic N) is 3. The number of amides is 2. The van der Waals surface area contributed by atoms with E-state index in [-0.39, 0.29) is 12.3 Å². The quantitative estimate of drug-likeness (QED) is 0.696. The topological polar surface area (TPSA) is 57.7 Å². The Bertz CT molecular complexity index is 763. The monoisotopic (exact) mass is 424 g/mol. The fourth-order valence-corrected chi connectivity index (χ4v) is 5.01. The van der Waals surface area contributed by atoms with Gasteiger partial charge in [0.1, 0.15) is 0 Å². The molecule has 0 aromatic carbocycles. The van der Waals surface area contributed by atoms with Gasteiger partial charge in [0.2, 0.25) is 0 Å². The average molecular weight is 425 g/mol. The lowest BCUT2D eigenvalue weighted by Crippen LogP contribution is -2.42. The Kier molecular flexibility index (Phi) is 7.62. The van der Waals surface area contributed by atoms with Gasteiger partial charge in [-0.3, -0.25) is 9.88 Å². The zero-order valence-corrected chi connectivity index (χ0v) is 18.7. The fourth-order valence-electron chi connectivity index (χ4n) is 5.01. The number of ether oxygens (including phenoxy) is 1. The number of piperidine rings is 2. The van der Waals surface area contributed by atoms with E-state index in [0.717, 1.165) is 62.3 Å². The molecule has 1 N–H and O–H groups in total. The first-order valence-corrected chi connectivity index (χ1v) is 11.9. The fraction of sp³-hybridized carbons (Fsp3) is 0.600. The second-order valence-electron chi connectivity index (χ2n) is 9.18. The highest BCUT2D eigenvalue weighted by molar-refractivity contribution is 5.89. The minimum atomic E-state index is 0.000634. The van der Waals surface area contributed by atoms with Gasteiger partial charge in [-0.2, -0.15) is 0 Å². The van der Waals surface area contributed by atoms with E-state index >= 15 is 0 Å². The van der Waals surface area contributed by atoms with Gasteiger partial charge in [0.05, 0.1) is 17.6 Å². The third-order valence-corrected chi connectivity index (χ3v) is 6.96. The number of nitrogens with one attached hydrogen (secondary N) is 1. The van der Waals surface area contributed by atoms with Crippen LogP contribution in [0.15, 0.2) is 48.5 Å². The number of pyridine rings is 1. The molecule has 2 fully saturated rings. The van der Waals surface area contributed by atoms with Gasteiger partial charge < -0.3 is 15.0 Å². The maximum Gasteiger partial charge on any atom is 0.321 e. The van der Waals surface area contributed by atoms with Crippen LogP contribution >= 0.6 is 0 Å². The minimum Gasteiger partial charge on any atom is -0.476 e. The molecule has 6 nitrogen and oxygen atoms in total. The van der Waals surface area contributed by atoms with Crippen LogP contribution in [0.3, 0.4) is 0 Å². The predicted octanol–water partition coefficient (Wildman–Crippen LogP) is 5.02. The molecule has 0 aliphatic carbocycles. The summed E-state index contributed by atoms with van der Waals surface area (Å²) in [6.45, 7) is 6.02. The molecule has 0 spiro atoms. The molecule has 31 heavy (non-hydrogen) atoms. The maximum absolute atomic E-state index is 12.4. The van der Waals surface area contributed by atoms with Crippen molar-refractivity contribution in [1.82, 2.24) is 14.8 Å². The summed E-state index contributed by atoms with van der Waals surface area (Å²) < 4.78 is 5.94. The number of carbonyl (C=O) groups is 1. The van der Waals surface area contributed by atoms with Gasteiger partial charge in [-0.1, -0.05) is 25.3 Å². The number of hydrogen-bond acceptors (Lipinski definition) is 4. The number of urea groups is 1. The van der Waals surface area contributed by atoms with Crippen LogP contribution in [0.2, 0.25) is 0 Å². The van der Waals surface area contributed by atoms with Crippen molar-refractivity contribution in [1.29, 1.82) is 0 Å². The van der Waals surface area contributed by atoms with Crippen molar-refractivity contribution in [3.05, 3.63) is 48.5 Å². The number of allylic oxidation sites excluding steroid dienone is 3. The van der Waals surface area contributed by atoms with Crippen molar-refractivity contribution in [3.63, 3.8) is 0 Å². The molecule has 0 saturated carbocycles. The van der Waals surface area contributed by atoms with Gasteiger partial charge in [-0.15, -0.1) is 0 Å². The minimum absolute atomic E-state index is 0.000634. The van der Waals surface area contributed by atoms with E-state index in [1.54, 1.807) is 12.4 Å². The number of likely N-dealkylation sites (tertiary alicyclic amines) is 2. The summed E-state index contributed by atoms with van der Waals surface area (Å²) in [7, 11) is 0. The largest absolute Gasteiger partial charge is 0.476 e. The van der Waals surface area contributed by atoms with Crippen LogP contribution in [0, 0.1) is 11.8 Å². The second kappa shape index (κ2) is 10.8. The third-order valence-electron chi connectivity index (χ3n) is 6.96. The predicted molar refractivity (Wildman–Crippen MR) is 123 cm³/mol. The van der Waals surface area contributed by atoms with Gasteiger partial charge >= 0.3 is 6.03 Å². The van der Waals surface area contributed by atoms with Gasteiger partial charge in [-0.25, -0.2) is 4.79 Å². The Morgan fingerprint density at radius 3 is 2.48 bits per heavy atom. The van der Waals surface area contributed by atoms with E-state index in [0.29, 0.717) is 0 Å². The summed E-state index contributed by atoms with van der Waals surface area (Å²) in [4.78, 5) is 20.9. The summed E-state index contributed by atoms with van der Waals surface area (Å²) in [5.74, 6) is 2.62. The summed E-state index contributed by atoms with van der Waals surface area (Å²) in [6, 6.07) is 3.71. The number of rotatable bonds is 6. The zero-order chi connectivity index (χ0) is 21.5. The van der Waals surface area contributed by atoms with Crippen LogP contribution in [0.4, 0.5) is 10.5 Å². The molecule has 2 amide bonds. The molecule has 0 bridgehead atoms. The summed E-state index contributed by atoms with van der Waals surface area (Å²) >= 11 is 0. The van der Waals surface area contributed by atoms with E-state index < -0.39 is 0 Å². The van der Waals surface area contributed by atoms with Crippen molar-refractivity contribution in [2.75, 3.05) is 31.5 Å². The van der Waals surface area contributed by atoms with Gasteiger partial charge in [0.15, 0.2) is 6.23 Å². The molecular weight excluding hydrogens is 388 g/mol. The molecule has 1 aromatic rings. The molecule has 1 unspecified atom stereocenters. The van der Waals surface area contributed by atoms with E-state index in [1.165, 1.54) is 32.1 Å².